The van der Waals surface area contributed by atoms with Crippen molar-refractivity contribution >= 4 is 62.5 Å². The number of fused-ring (bicyclic) bond motifs is 9. The number of rotatable bonds is 8. The number of halogens is 1. The zero-order valence-electron chi connectivity index (χ0n) is 23.4. The van der Waals surface area contributed by atoms with Crippen molar-refractivity contribution in [2.75, 3.05) is 24.7 Å². The van der Waals surface area contributed by atoms with Crippen LogP contribution in [0.4, 0.5) is 5.69 Å². The lowest BCUT2D eigenvalue weighted by Crippen LogP contribution is -2.42. The van der Waals surface area contributed by atoms with Crippen LogP contribution >= 0.6 is 39.0 Å². The molecule has 43 heavy (non-hydrogen) atoms. The van der Waals surface area contributed by atoms with Gasteiger partial charge in [0.2, 0.25) is 11.8 Å². The highest BCUT2D eigenvalue weighted by Gasteiger charge is 2.69. The molecule has 1 aromatic heterocycles. The highest BCUT2D eigenvalue weighted by atomic mass is 79.9. The number of anilines is 1. The summed E-state index contributed by atoms with van der Waals surface area (Å²) in [6.07, 6.45) is 0.804. The van der Waals surface area contributed by atoms with E-state index < -0.39 is 5.97 Å². The van der Waals surface area contributed by atoms with Crippen LogP contribution < -0.4 is 19.2 Å². The predicted molar refractivity (Wildman–Crippen MR) is 165 cm³/mol. The average molecular weight is 686 g/mol. The first-order chi connectivity index (χ1) is 20.8. The smallest absolute Gasteiger partial charge is 0.344 e. The fourth-order valence-corrected chi connectivity index (χ4v) is 10.8. The quantitative estimate of drug-likeness (QED) is 0.254. The minimum absolute atomic E-state index is 0.00460. The van der Waals surface area contributed by atoms with Gasteiger partial charge in [-0.15, -0.1) is 11.8 Å². The molecule has 2 amide bonds. The van der Waals surface area contributed by atoms with Crippen LogP contribution in [0.25, 0.3) is 0 Å². The van der Waals surface area contributed by atoms with Crippen molar-refractivity contribution in [2.24, 2.45) is 29.6 Å². The lowest BCUT2D eigenvalue weighted by Gasteiger charge is -2.43. The number of aromatic amines is 1. The van der Waals surface area contributed by atoms with Crippen LogP contribution in [0.15, 0.2) is 56.8 Å². The number of thiazole rings is 1. The molecular formula is C31H29BrN2O7S2. The molecule has 7 rings (SSSR count). The van der Waals surface area contributed by atoms with Gasteiger partial charge in [-0.3, -0.25) is 19.3 Å². The molecule has 9 nitrogen and oxygen atoms in total. The number of nitrogens with one attached hydrogen (secondary N) is 1. The van der Waals surface area contributed by atoms with Gasteiger partial charge in [0.05, 0.1) is 35.8 Å². The normalized spacial score (nSPS) is 28.4. The number of benzene rings is 2. The van der Waals surface area contributed by atoms with Gasteiger partial charge in [-0.25, -0.2) is 4.79 Å². The maximum atomic E-state index is 14.0. The van der Waals surface area contributed by atoms with E-state index in [1.54, 1.807) is 36.9 Å². The Morgan fingerprint density at radius 3 is 2.44 bits per heavy atom. The highest BCUT2D eigenvalue weighted by Crippen LogP contribution is 2.68. The lowest BCUT2D eigenvalue weighted by atomic mass is 9.68. The van der Waals surface area contributed by atoms with Gasteiger partial charge in [0.1, 0.15) is 0 Å². The number of H-pyrrole nitrogens is 1. The molecule has 0 radical (unpaired) electrons. The summed E-state index contributed by atoms with van der Waals surface area (Å²) in [5.41, 5.74) is 1.55. The molecule has 1 saturated heterocycles. The first-order valence-corrected chi connectivity index (χ1v) is 16.9. The number of carbonyl (C=O) groups excluding carboxylic acids is 3. The molecular weight excluding hydrogens is 656 g/mol. The molecule has 0 unspecified atom stereocenters. The summed E-state index contributed by atoms with van der Waals surface area (Å²) in [5.74, 6) is -0.620. The van der Waals surface area contributed by atoms with Crippen LogP contribution in [0.5, 0.6) is 11.5 Å². The average Bonchev–Trinajstić information content (AvgIpc) is 3.72. The Morgan fingerprint density at radius 2 is 1.72 bits per heavy atom. The van der Waals surface area contributed by atoms with Crippen molar-refractivity contribution in [3.05, 3.63) is 67.0 Å². The van der Waals surface area contributed by atoms with E-state index >= 15 is 0 Å². The van der Waals surface area contributed by atoms with Crippen molar-refractivity contribution in [1.29, 1.82) is 0 Å². The van der Waals surface area contributed by atoms with E-state index in [0.717, 1.165) is 26.4 Å². The van der Waals surface area contributed by atoms with E-state index in [-0.39, 0.29) is 70.7 Å². The van der Waals surface area contributed by atoms with Gasteiger partial charge in [0, 0.05) is 20.5 Å². The molecule has 2 saturated carbocycles. The Hall–Kier alpha value is -3.09. The first kappa shape index (κ1) is 28.7. The summed E-state index contributed by atoms with van der Waals surface area (Å²) in [5, 5.41) is 0.915. The summed E-state index contributed by atoms with van der Waals surface area (Å²) in [4.78, 5) is 57.6. The van der Waals surface area contributed by atoms with Gasteiger partial charge in [-0.05, 0) is 80.0 Å². The third-order valence-electron chi connectivity index (χ3n) is 9.09. The van der Waals surface area contributed by atoms with E-state index in [4.69, 9.17) is 14.2 Å². The van der Waals surface area contributed by atoms with E-state index in [1.807, 2.05) is 31.2 Å². The fourth-order valence-electron chi connectivity index (χ4n) is 7.68. The van der Waals surface area contributed by atoms with Gasteiger partial charge in [-0.1, -0.05) is 33.3 Å². The summed E-state index contributed by atoms with van der Waals surface area (Å²) < 4.78 is 17.6. The van der Waals surface area contributed by atoms with Crippen LogP contribution in [0.1, 0.15) is 36.6 Å². The molecule has 4 aliphatic rings. The number of carbonyl (C=O) groups is 3. The van der Waals surface area contributed by atoms with Gasteiger partial charge < -0.3 is 19.2 Å². The largest absolute Gasteiger partial charge is 0.490 e. The molecule has 2 aliphatic carbocycles. The number of esters is 1. The summed E-state index contributed by atoms with van der Waals surface area (Å²) in [6.45, 7) is 4.04. The topological polar surface area (TPSA) is 115 Å². The molecule has 3 aromatic rings. The number of aromatic nitrogens is 1. The molecule has 2 bridgehead atoms. The van der Waals surface area contributed by atoms with Crippen molar-refractivity contribution in [3.8, 4) is 11.5 Å². The van der Waals surface area contributed by atoms with Crippen molar-refractivity contribution in [2.45, 2.75) is 36.5 Å². The SMILES string of the molecule is CCOC(=O)COc1ccc([C@@H]2c3sc(=O)[nH]c3S[C@@H]3[C@@H]4C[C@@H]([C@@H]5C(=O)N(c6ccc(Br)cc6)C(=O)[C@@H]45)[C@H]23)cc1OCC. The van der Waals surface area contributed by atoms with Gasteiger partial charge in [0.15, 0.2) is 18.1 Å². The minimum atomic E-state index is -0.465. The minimum Gasteiger partial charge on any atom is -0.490 e. The number of thioether (sulfide) groups is 1. The number of ether oxygens (including phenoxy) is 3. The Bertz CT molecular complexity index is 1670. The fraction of sp³-hybridized carbons (Fsp3) is 0.419. The van der Waals surface area contributed by atoms with Gasteiger partial charge in [0.25, 0.3) is 0 Å². The number of hydrogen-bond donors (Lipinski definition) is 1. The van der Waals surface area contributed by atoms with E-state index in [1.165, 1.54) is 16.2 Å². The second-order valence-corrected chi connectivity index (χ2v) is 14.3. The standard InChI is InChI=1S/C31H29BrN2O7S2/c1-3-39-20-11-14(5-10-19(20)41-13-21(35)40-4-2)22-23-17-12-18(26(23)42-28-27(22)43-31(38)33-28)25-24(17)29(36)34(30(25)37)16-8-6-15(32)7-9-16/h5-11,17-18,22-26H,3-4,12-13H2,1-2H3,(H,33,38)/t17-,18-,22+,23-,24+,25+,26-/m1/s1. The third kappa shape index (κ3) is 4.64. The number of nitrogens with zero attached hydrogens (tertiary/aromatic N) is 1. The molecule has 224 valence electrons. The van der Waals surface area contributed by atoms with Crippen molar-refractivity contribution in [3.63, 3.8) is 0 Å². The number of imide groups is 1. The Balaban J connectivity index is 1.26. The molecule has 1 N–H and O–H groups in total. The highest BCUT2D eigenvalue weighted by molar-refractivity contribution is 9.10. The molecule has 3 heterocycles. The maximum absolute atomic E-state index is 14.0. The molecule has 3 fully saturated rings. The predicted octanol–water partition coefficient (Wildman–Crippen LogP) is 5.22. The summed E-state index contributed by atoms with van der Waals surface area (Å²) in [7, 11) is 0. The van der Waals surface area contributed by atoms with E-state index in [0.29, 0.717) is 23.8 Å². The third-order valence-corrected chi connectivity index (χ3v) is 12.2. The summed E-state index contributed by atoms with van der Waals surface area (Å²) in [6, 6.07) is 13.0. The van der Waals surface area contributed by atoms with E-state index in [2.05, 4.69) is 20.9 Å². The van der Waals surface area contributed by atoms with Crippen molar-refractivity contribution in [1.82, 2.24) is 4.98 Å². The zero-order valence-corrected chi connectivity index (χ0v) is 26.6. The Kier molecular flexibility index (Phi) is 7.41. The van der Waals surface area contributed by atoms with Crippen LogP contribution in [-0.2, 0) is 19.1 Å². The molecule has 2 aliphatic heterocycles. The van der Waals surface area contributed by atoms with Gasteiger partial charge >= 0.3 is 10.8 Å². The van der Waals surface area contributed by atoms with Crippen LogP contribution in [0, 0.1) is 29.6 Å². The molecule has 2 aromatic carbocycles. The van der Waals surface area contributed by atoms with Crippen LogP contribution in [0.3, 0.4) is 0 Å². The maximum Gasteiger partial charge on any atom is 0.344 e. The first-order valence-electron chi connectivity index (χ1n) is 14.4. The lowest BCUT2D eigenvalue weighted by molar-refractivity contribution is -0.145. The van der Waals surface area contributed by atoms with Crippen LogP contribution in [0.2, 0.25) is 0 Å². The second kappa shape index (κ2) is 11.1. The second-order valence-electron chi connectivity index (χ2n) is 11.2. The Labute approximate surface area is 264 Å². The number of hydrogen-bond acceptors (Lipinski definition) is 9. The van der Waals surface area contributed by atoms with Crippen molar-refractivity contribution < 1.29 is 28.6 Å². The summed E-state index contributed by atoms with van der Waals surface area (Å²) >= 11 is 6.30. The monoisotopic (exact) mass is 684 g/mol. The zero-order chi connectivity index (χ0) is 30.0. The number of amides is 2. The van der Waals surface area contributed by atoms with E-state index in [9.17, 15) is 19.2 Å². The Morgan fingerprint density at radius 1 is 0.977 bits per heavy atom. The molecule has 12 heteroatoms. The molecule has 0 spiro atoms. The molecule has 7 atom stereocenters. The van der Waals surface area contributed by atoms with Gasteiger partial charge in [-0.2, -0.15) is 0 Å². The van der Waals surface area contributed by atoms with Crippen LogP contribution in [-0.4, -0.2) is 47.8 Å².